The van der Waals surface area contributed by atoms with Gasteiger partial charge in [-0.2, -0.15) is 0 Å². The van der Waals surface area contributed by atoms with Crippen molar-refractivity contribution in [3.05, 3.63) is 49.5 Å². The molecule has 2 rings (SSSR count). The van der Waals surface area contributed by atoms with Crippen molar-refractivity contribution < 1.29 is 0 Å². The summed E-state index contributed by atoms with van der Waals surface area (Å²) in [6.45, 7) is 1.91. The first-order chi connectivity index (χ1) is 8.47. The minimum Gasteiger partial charge on any atom is -0.397 e. The third-order valence-corrected chi connectivity index (χ3v) is 3.92. The van der Waals surface area contributed by atoms with E-state index >= 15 is 0 Å². The molecule has 18 heavy (non-hydrogen) atoms. The number of nitrogens with one attached hydrogen (secondary N) is 1. The Morgan fingerprint density at radius 3 is 2.44 bits per heavy atom. The van der Waals surface area contributed by atoms with Gasteiger partial charge in [-0.05, 0) is 65.4 Å². The summed E-state index contributed by atoms with van der Waals surface area (Å²) in [5.41, 5.74) is 9.13. The van der Waals surface area contributed by atoms with Crippen LogP contribution < -0.4 is 11.1 Å². The van der Waals surface area contributed by atoms with Gasteiger partial charge in [0.2, 0.25) is 0 Å². The molecule has 0 bridgehead atoms. The van der Waals surface area contributed by atoms with E-state index in [4.69, 9.17) is 28.9 Å². The highest BCUT2D eigenvalue weighted by Crippen LogP contribution is 2.33. The van der Waals surface area contributed by atoms with Gasteiger partial charge < -0.3 is 11.1 Å². The average Bonchev–Trinajstić information content (AvgIpc) is 2.29. The van der Waals surface area contributed by atoms with Gasteiger partial charge in [-0.1, -0.05) is 23.2 Å². The second-order valence-corrected chi connectivity index (χ2v) is 6.00. The first-order valence-corrected chi connectivity index (χ1v) is 7.08. The van der Waals surface area contributed by atoms with Crippen molar-refractivity contribution in [3.8, 4) is 0 Å². The molecule has 0 aliphatic carbocycles. The summed E-state index contributed by atoms with van der Waals surface area (Å²) in [7, 11) is 0. The topological polar surface area (TPSA) is 38.0 Å². The molecule has 2 nitrogen and oxygen atoms in total. The molecule has 0 spiro atoms. The fraction of sp³-hybridized carbons (Fsp3) is 0.0769. The summed E-state index contributed by atoms with van der Waals surface area (Å²) in [6, 6.07) is 9.42. The Kier molecular flexibility index (Phi) is 4.25. The summed E-state index contributed by atoms with van der Waals surface area (Å²) in [4.78, 5) is 0. The molecular formula is C13H11Cl2IN2. The van der Waals surface area contributed by atoms with Crippen LogP contribution in [0.25, 0.3) is 0 Å². The molecule has 0 radical (unpaired) electrons. The predicted octanol–water partition coefficient (Wildman–Crippen LogP) is 5.23. The van der Waals surface area contributed by atoms with E-state index in [0.29, 0.717) is 15.7 Å². The second kappa shape index (κ2) is 5.55. The van der Waals surface area contributed by atoms with Crippen molar-refractivity contribution in [3.63, 3.8) is 0 Å². The molecule has 0 amide bonds. The molecule has 5 heteroatoms. The Hall–Kier alpha value is -0.650. The monoisotopic (exact) mass is 392 g/mol. The minimum atomic E-state index is 0.620. The maximum atomic E-state index is 6.17. The Bertz CT molecular complexity index is 600. The third kappa shape index (κ3) is 3.02. The molecule has 3 N–H and O–H groups in total. The third-order valence-electron chi connectivity index (χ3n) is 2.53. The molecule has 94 valence electrons. The van der Waals surface area contributed by atoms with Gasteiger partial charge in [-0.3, -0.25) is 0 Å². The lowest BCUT2D eigenvalue weighted by Crippen LogP contribution is -1.97. The number of rotatable bonds is 2. The summed E-state index contributed by atoms with van der Waals surface area (Å²) in [5.74, 6) is 0. The average molecular weight is 393 g/mol. The van der Waals surface area contributed by atoms with Crippen LogP contribution in [-0.2, 0) is 0 Å². The lowest BCUT2D eigenvalue weighted by Gasteiger charge is -2.12. The molecule has 0 aliphatic rings. The van der Waals surface area contributed by atoms with Crippen molar-refractivity contribution in [2.24, 2.45) is 0 Å². The highest BCUT2D eigenvalue weighted by atomic mass is 127. The maximum absolute atomic E-state index is 6.17. The number of hydrogen-bond acceptors (Lipinski definition) is 2. The number of anilines is 3. The Labute approximate surface area is 130 Å². The van der Waals surface area contributed by atoms with Gasteiger partial charge in [0.25, 0.3) is 0 Å². The normalized spacial score (nSPS) is 10.4. The second-order valence-electron chi connectivity index (χ2n) is 3.94. The SMILES string of the molecule is Cc1cc(Cl)c(Nc2ccc(I)cc2N)cc1Cl. The zero-order valence-corrected chi connectivity index (χ0v) is 13.3. The first kappa shape index (κ1) is 13.8. The van der Waals surface area contributed by atoms with Gasteiger partial charge in [-0.15, -0.1) is 0 Å². The Morgan fingerprint density at radius 2 is 1.78 bits per heavy atom. The smallest absolute Gasteiger partial charge is 0.0644 e. The van der Waals surface area contributed by atoms with Crippen molar-refractivity contribution in [2.75, 3.05) is 11.1 Å². The van der Waals surface area contributed by atoms with Crippen LogP contribution in [-0.4, -0.2) is 0 Å². The number of nitrogen functional groups attached to an aromatic ring is 1. The van der Waals surface area contributed by atoms with Crippen LogP contribution in [0.1, 0.15) is 5.56 Å². The predicted molar refractivity (Wildman–Crippen MR) is 88.1 cm³/mol. The van der Waals surface area contributed by atoms with Crippen molar-refractivity contribution >= 4 is 62.9 Å². The molecule has 0 saturated carbocycles. The van der Waals surface area contributed by atoms with Gasteiger partial charge in [0.15, 0.2) is 0 Å². The van der Waals surface area contributed by atoms with E-state index in [-0.39, 0.29) is 0 Å². The summed E-state index contributed by atoms with van der Waals surface area (Å²) in [6.07, 6.45) is 0. The lowest BCUT2D eigenvalue weighted by atomic mass is 10.2. The van der Waals surface area contributed by atoms with Gasteiger partial charge in [-0.25, -0.2) is 0 Å². The number of halogens is 3. The van der Waals surface area contributed by atoms with Crippen molar-refractivity contribution in [1.82, 2.24) is 0 Å². The quantitative estimate of drug-likeness (QED) is 0.542. The van der Waals surface area contributed by atoms with Crippen LogP contribution >= 0.6 is 45.8 Å². The standard InChI is InChI=1S/C13H11Cl2IN2/c1-7-4-10(15)13(6-9(7)14)18-12-3-2-8(16)5-11(12)17/h2-6,18H,17H2,1H3. The molecule has 2 aromatic rings. The van der Waals surface area contributed by atoms with Crippen LogP contribution in [0.2, 0.25) is 10.0 Å². The van der Waals surface area contributed by atoms with E-state index in [0.717, 1.165) is 20.5 Å². The Balaban J connectivity index is 2.37. The Morgan fingerprint density at radius 1 is 1.06 bits per heavy atom. The van der Waals surface area contributed by atoms with Crippen LogP contribution in [0.3, 0.4) is 0 Å². The van der Waals surface area contributed by atoms with Gasteiger partial charge in [0.05, 0.1) is 22.1 Å². The van der Waals surface area contributed by atoms with Crippen molar-refractivity contribution in [2.45, 2.75) is 6.92 Å². The highest BCUT2D eigenvalue weighted by molar-refractivity contribution is 14.1. The summed E-state index contributed by atoms with van der Waals surface area (Å²) >= 11 is 14.5. The van der Waals surface area contributed by atoms with Gasteiger partial charge >= 0.3 is 0 Å². The first-order valence-electron chi connectivity index (χ1n) is 5.25. The molecule has 0 aliphatic heterocycles. The van der Waals surface area contributed by atoms with E-state index in [1.165, 1.54) is 0 Å². The molecular weight excluding hydrogens is 382 g/mol. The zero-order chi connectivity index (χ0) is 13.3. The fourth-order valence-electron chi connectivity index (χ4n) is 1.53. The molecule has 0 saturated heterocycles. The van der Waals surface area contributed by atoms with Crippen molar-refractivity contribution in [1.29, 1.82) is 0 Å². The van der Waals surface area contributed by atoms with E-state index in [1.807, 2.05) is 31.2 Å². The zero-order valence-electron chi connectivity index (χ0n) is 9.60. The van der Waals surface area contributed by atoms with E-state index in [9.17, 15) is 0 Å². The highest BCUT2D eigenvalue weighted by Gasteiger charge is 2.07. The molecule has 0 aromatic heterocycles. The molecule has 2 aromatic carbocycles. The molecule has 0 heterocycles. The van der Waals surface area contributed by atoms with Crippen LogP contribution in [0.5, 0.6) is 0 Å². The lowest BCUT2D eigenvalue weighted by molar-refractivity contribution is 1.45. The number of benzene rings is 2. The van der Waals surface area contributed by atoms with Gasteiger partial charge in [0, 0.05) is 8.59 Å². The summed E-state index contributed by atoms with van der Waals surface area (Å²) < 4.78 is 1.09. The van der Waals surface area contributed by atoms with E-state index in [1.54, 1.807) is 6.07 Å². The number of hydrogen-bond donors (Lipinski definition) is 2. The van der Waals surface area contributed by atoms with Gasteiger partial charge in [0.1, 0.15) is 0 Å². The molecule has 0 unspecified atom stereocenters. The molecule has 0 atom stereocenters. The maximum Gasteiger partial charge on any atom is 0.0644 e. The fourth-order valence-corrected chi connectivity index (χ4v) is 2.48. The van der Waals surface area contributed by atoms with Crippen LogP contribution in [0.4, 0.5) is 17.1 Å². The van der Waals surface area contributed by atoms with E-state index < -0.39 is 0 Å². The largest absolute Gasteiger partial charge is 0.397 e. The molecule has 0 fully saturated rings. The minimum absolute atomic E-state index is 0.620. The van der Waals surface area contributed by atoms with Crippen LogP contribution in [0, 0.1) is 10.5 Å². The number of aryl methyl sites for hydroxylation is 1. The van der Waals surface area contributed by atoms with E-state index in [2.05, 4.69) is 27.9 Å². The number of nitrogens with two attached hydrogens (primary N) is 1. The summed E-state index contributed by atoms with van der Waals surface area (Å²) in [5, 5.41) is 4.48. The van der Waals surface area contributed by atoms with Crippen LogP contribution in [0.15, 0.2) is 30.3 Å².